The van der Waals surface area contributed by atoms with Gasteiger partial charge in [-0.1, -0.05) is 0 Å². The minimum atomic E-state index is 0.410. The van der Waals surface area contributed by atoms with Crippen LogP contribution in [0.25, 0.3) is 0 Å². The lowest BCUT2D eigenvalue weighted by Crippen LogP contribution is -2.05. The maximum atomic E-state index is 10.6. The molecule has 15 heavy (non-hydrogen) atoms. The van der Waals surface area contributed by atoms with E-state index in [1.54, 1.807) is 23.2 Å². The van der Waals surface area contributed by atoms with Gasteiger partial charge in [0.1, 0.15) is 0 Å². The second-order valence-corrected chi connectivity index (χ2v) is 3.82. The highest BCUT2D eigenvalue weighted by Crippen LogP contribution is 2.14. The molecule has 0 aliphatic rings. The summed E-state index contributed by atoms with van der Waals surface area (Å²) in [5, 5.41) is 0. The van der Waals surface area contributed by atoms with E-state index in [2.05, 4.69) is 25.9 Å². The summed E-state index contributed by atoms with van der Waals surface area (Å²) in [5.41, 5.74) is 0.874. The van der Waals surface area contributed by atoms with Crippen molar-refractivity contribution in [3.05, 3.63) is 46.7 Å². The fourth-order valence-corrected chi connectivity index (χ4v) is 1.65. The third kappa shape index (κ3) is 2.12. The topological polar surface area (TPSA) is 47.8 Å². The number of carbonyl (C=O) groups is 1. The van der Waals surface area contributed by atoms with Gasteiger partial charge in [-0.3, -0.25) is 9.78 Å². The lowest BCUT2D eigenvalue weighted by atomic mass is 10.3. The minimum absolute atomic E-state index is 0.410. The van der Waals surface area contributed by atoms with Gasteiger partial charge in [0, 0.05) is 23.1 Å². The number of hydrogen-bond acceptors (Lipinski definition) is 3. The predicted octanol–water partition coefficient (Wildman–Crippen LogP) is 1.90. The molecule has 0 fully saturated rings. The first kappa shape index (κ1) is 10.0. The predicted molar refractivity (Wildman–Crippen MR) is 58.7 cm³/mol. The SMILES string of the molecule is O=Cc1nccn1Cc1ncccc1Br. The van der Waals surface area contributed by atoms with Gasteiger partial charge in [0.2, 0.25) is 0 Å². The molecule has 0 saturated heterocycles. The first-order valence-corrected chi connectivity index (χ1v) is 5.16. The molecule has 0 radical (unpaired) electrons. The molecule has 0 aromatic carbocycles. The number of pyridine rings is 1. The molecule has 0 unspecified atom stereocenters. The molecule has 2 rings (SSSR count). The average Bonchev–Trinajstić information content (AvgIpc) is 2.69. The Balaban J connectivity index is 2.29. The van der Waals surface area contributed by atoms with Crippen molar-refractivity contribution < 1.29 is 4.79 Å². The lowest BCUT2D eigenvalue weighted by molar-refractivity contribution is 0.111. The highest BCUT2D eigenvalue weighted by atomic mass is 79.9. The minimum Gasteiger partial charge on any atom is -0.323 e. The monoisotopic (exact) mass is 265 g/mol. The standard InChI is InChI=1S/C10H8BrN3O/c11-8-2-1-3-12-9(8)6-14-5-4-13-10(14)7-15/h1-5,7H,6H2. The molecular weight excluding hydrogens is 258 g/mol. The van der Waals surface area contributed by atoms with Gasteiger partial charge in [-0.05, 0) is 28.1 Å². The van der Waals surface area contributed by atoms with Gasteiger partial charge >= 0.3 is 0 Å². The van der Waals surface area contributed by atoms with E-state index in [-0.39, 0.29) is 0 Å². The van der Waals surface area contributed by atoms with E-state index in [4.69, 9.17) is 0 Å². The van der Waals surface area contributed by atoms with E-state index in [1.165, 1.54) is 0 Å². The van der Waals surface area contributed by atoms with Crippen molar-refractivity contribution in [2.24, 2.45) is 0 Å². The van der Waals surface area contributed by atoms with Crippen LogP contribution < -0.4 is 0 Å². The van der Waals surface area contributed by atoms with Crippen LogP contribution in [0.15, 0.2) is 35.2 Å². The normalized spacial score (nSPS) is 10.2. The van der Waals surface area contributed by atoms with Gasteiger partial charge in [-0.25, -0.2) is 4.98 Å². The molecule has 0 atom stereocenters. The summed E-state index contributed by atoms with van der Waals surface area (Å²) in [4.78, 5) is 18.8. The number of imidazole rings is 1. The molecule has 4 nitrogen and oxygen atoms in total. The number of aromatic nitrogens is 3. The van der Waals surface area contributed by atoms with E-state index in [9.17, 15) is 4.79 Å². The van der Waals surface area contributed by atoms with Crippen LogP contribution >= 0.6 is 15.9 Å². The van der Waals surface area contributed by atoms with Gasteiger partial charge in [0.05, 0.1) is 12.2 Å². The van der Waals surface area contributed by atoms with Crippen LogP contribution in [0.2, 0.25) is 0 Å². The lowest BCUT2D eigenvalue weighted by Gasteiger charge is -2.05. The van der Waals surface area contributed by atoms with Crippen molar-refractivity contribution in [2.45, 2.75) is 6.54 Å². The smallest absolute Gasteiger partial charge is 0.185 e. The molecule has 0 spiro atoms. The highest BCUT2D eigenvalue weighted by Gasteiger charge is 2.05. The van der Waals surface area contributed by atoms with Gasteiger partial charge in [-0.2, -0.15) is 0 Å². The summed E-state index contributed by atoms with van der Waals surface area (Å²) in [6.45, 7) is 0.537. The zero-order chi connectivity index (χ0) is 10.7. The zero-order valence-electron chi connectivity index (χ0n) is 7.80. The Hall–Kier alpha value is -1.49. The Morgan fingerprint density at radius 2 is 2.27 bits per heavy atom. The number of carbonyl (C=O) groups excluding carboxylic acids is 1. The molecular formula is C10H8BrN3O. The van der Waals surface area contributed by atoms with Crippen molar-refractivity contribution in [1.82, 2.24) is 14.5 Å². The molecule has 2 aromatic rings. The van der Waals surface area contributed by atoms with Crippen molar-refractivity contribution in [1.29, 1.82) is 0 Å². The van der Waals surface area contributed by atoms with Crippen LogP contribution in [0.4, 0.5) is 0 Å². The molecule has 0 bridgehead atoms. The summed E-state index contributed by atoms with van der Waals surface area (Å²) >= 11 is 3.40. The molecule has 0 aliphatic heterocycles. The summed E-state index contributed by atoms with van der Waals surface area (Å²) in [6, 6.07) is 3.77. The molecule has 2 aromatic heterocycles. The molecule has 0 amide bonds. The number of hydrogen-bond donors (Lipinski definition) is 0. The third-order valence-corrected chi connectivity index (χ3v) is 2.73. The second-order valence-electron chi connectivity index (χ2n) is 2.96. The Kier molecular flexibility index (Phi) is 2.91. The quantitative estimate of drug-likeness (QED) is 0.797. The van der Waals surface area contributed by atoms with Crippen LogP contribution in [0, 0.1) is 0 Å². The maximum Gasteiger partial charge on any atom is 0.185 e. The van der Waals surface area contributed by atoms with Gasteiger partial charge < -0.3 is 4.57 Å². The fraction of sp³-hybridized carbons (Fsp3) is 0.100. The summed E-state index contributed by atoms with van der Waals surface area (Å²) in [5.74, 6) is 0.410. The van der Waals surface area contributed by atoms with Crippen molar-refractivity contribution in [3.8, 4) is 0 Å². The summed E-state index contributed by atoms with van der Waals surface area (Å²) < 4.78 is 2.68. The molecule has 0 aliphatic carbocycles. The largest absolute Gasteiger partial charge is 0.323 e. The van der Waals surface area contributed by atoms with Gasteiger partial charge in [0.15, 0.2) is 12.1 Å². The first-order valence-electron chi connectivity index (χ1n) is 4.37. The van der Waals surface area contributed by atoms with Crippen LogP contribution in [-0.4, -0.2) is 20.8 Å². The van der Waals surface area contributed by atoms with E-state index in [1.807, 2.05) is 12.1 Å². The summed E-state index contributed by atoms with van der Waals surface area (Å²) in [7, 11) is 0. The molecule has 0 N–H and O–H groups in total. The number of aldehydes is 1. The number of rotatable bonds is 3. The maximum absolute atomic E-state index is 10.6. The van der Waals surface area contributed by atoms with Crippen LogP contribution in [0.1, 0.15) is 16.3 Å². The Bertz CT molecular complexity index is 481. The van der Waals surface area contributed by atoms with E-state index in [0.717, 1.165) is 16.5 Å². The van der Waals surface area contributed by atoms with E-state index < -0.39 is 0 Å². The Labute approximate surface area is 95.1 Å². The Morgan fingerprint density at radius 1 is 1.40 bits per heavy atom. The van der Waals surface area contributed by atoms with Gasteiger partial charge in [-0.15, -0.1) is 0 Å². The molecule has 76 valence electrons. The van der Waals surface area contributed by atoms with Crippen molar-refractivity contribution >= 4 is 22.2 Å². The average molecular weight is 266 g/mol. The van der Waals surface area contributed by atoms with Crippen LogP contribution in [0.3, 0.4) is 0 Å². The van der Waals surface area contributed by atoms with Crippen molar-refractivity contribution in [2.75, 3.05) is 0 Å². The summed E-state index contributed by atoms with van der Waals surface area (Å²) in [6.07, 6.45) is 5.81. The fourth-order valence-electron chi connectivity index (χ4n) is 1.27. The molecule has 2 heterocycles. The first-order chi connectivity index (χ1) is 7.31. The zero-order valence-corrected chi connectivity index (χ0v) is 9.39. The third-order valence-electron chi connectivity index (χ3n) is 2.01. The van der Waals surface area contributed by atoms with Gasteiger partial charge in [0.25, 0.3) is 0 Å². The van der Waals surface area contributed by atoms with Crippen LogP contribution in [0.5, 0.6) is 0 Å². The second kappa shape index (κ2) is 4.35. The van der Waals surface area contributed by atoms with Crippen LogP contribution in [-0.2, 0) is 6.54 Å². The number of nitrogens with zero attached hydrogens (tertiary/aromatic N) is 3. The van der Waals surface area contributed by atoms with E-state index >= 15 is 0 Å². The highest BCUT2D eigenvalue weighted by molar-refractivity contribution is 9.10. The van der Waals surface area contributed by atoms with Crippen molar-refractivity contribution in [3.63, 3.8) is 0 Å². The Morgan fingerprint density at radius 3 is 3.00 bits per heavy atom. The van der Waals surface area contributed by atoms with E-state index in [0.29, 0.717) is 12.4 Å². The molecule has 0 saturated carbocycles. The molecule has 5 heteroatoms. The number of halogens is 1.